The lowest BCUT2D eigenvalue weighted by Crippen LogP contribution is -2.37. The Morgan fingerprint density at radius 3 is 2.50 bits per heavy atom. The third-order valence-corrected chi connectivity index (χ3v) is 4.91. The fraction of sp³-hybridized carbons (Fsp3) is 0.571. The smallest absolute Gasteiger partial charge is 0.214 e. The van der Waals surface area contributed by atoms with Crippen LogP contribution in [0.25, 0.3) is 0 Å². The predicted molar refractivity (Wildman–Crippen MR) is 81.1 cm³/mol. The molecule has 0 aliphatic carbocycles. The predicted octanol–water partition coefficient (Wildman–Crippen LogP) is 0.856. The lowest BCUT2D eigenvalue weighted by atomic mass is 10.2. The Kier molecular flexibility index (Phi) is 7.76. The van der Waals surface area contributed by atoms with Crippen LogP contribution < -0.4 is 5.73 Å². The zero-order chi connectivity index (χ0) is 14.8. The SMILES string of the molecule is COCCN(CCCN)S(=O)(=O)CCc1ccccc1. The van der Waals surface area contributed by atoms with Gasteiger partial charge in [0.15, 0.2) is 0 Å². The molecule has 0 saturated heterocycles. The van der Waals surface area contributed by atoms with Gasteiger partial charge >= 0.3 is 0 Å². The molecule has 0 heterocycles. The van der Waals surface area contributed by atoms with Crippen molar-refractivity contribution in [2.45, 2.75) is 12.8 Å². The fourth-order valence-corrected chi connectivity index (χ4v) is 3.38. The summed E-state index contributed by atoms with van der Waals surface area (Å²) in [6.45, 7) is 1.72. The summed E-state index contributed by atoms with van der Waals surface area (Å²) in [7, 11) is -1.70. The summed E-state index contributed by atoms with van der Waals surface area (Å²) < 4.78 is 31.1. The molecular weight excluding hydrogens is 276 g/mol. The van der Waals surface area contributed by atoms with Crippen molar-refractivity contribution in [3.63, 3.8) is 0 Å². The highest BCUT2D eigenvalue weighted by atomic mass is 32.2. The molecule has 0 radical (unpaired) electrons. The van der Waals surface area contributed by atoms with Gasteiger partial charge in [0.1, 0.15) is 0 Å². The monoisotopic (exact) mass is 300 g/mol. The van der Waals surface area contributed by atoms with Crippen molar-refractivity contribution in [3.05, 3.63) is 35.9 Å². The van der Waals surface area contributed by atoms with Crippen molar-refractivity contribution in [3.8, 4) is 0 Å². The van der Waals surface area contributed by atoms with Crippen molar-refractivity contribution in [1.29, 1.82) is 0 Å². The van der Waals surface area contributed by atoms with E-state index in [0.29, 0.717) is 39.1 Å². The molecule has 6 heteroatoms. The van der Waals surface area contributed by atoms with Crippen LogP contribution in [0.1, 0.15) is 12.0 Å². The van der Waals surface area contributed by atoms with Gasteiger partial charge in [0.05, 0.1) is 12.4 Å². The molecule has 0 unspecified atom stereocenters. The molecule has 0 aliphatic heterocycles. The van der Waals surface area contributed by atoms with E-state index in [-0.39, 0.29) is 5.75 Å². The third kappa shape index (κ3) is 6.00. The second-order valence-electron chi connectivity index (χ2n) is 4.59. The molecule has 1 rings (SSSR count). The van der Waals surface area contributed by atoms with Crippen LogP contribution >= 0.6 is 0 Å². The number of hydrogen-bond acceptors (Lipinski definition) is 4. The molecule has 1 aromatic rings. The normalized spacial score (nSPS) is 11.9. The first-order valence-corrected chi connectivity index (χ1v) is 8.42. The van der Waals surface area contributed by atoms with E-state index in [0.717, 1.165) is 5.56 Å². The van der Waals surface area contributed by atoms with E-state index < -0.39 is 10.0 Å². The van der Waals surface area contributed by atoms with Crippen LogP contribution in [0.15, 0.2) is 30.3 Å². The summed E-state index contributed by atoms with van der Waals surface area (Å²) in [6, 6.07) is 9.63. The lowest BCUT2D eigenvalue weighted by molar-refractivity contribution is 0.178. The molecule has 0 bridgehead atoms. The number of ether oxygens (including phenoxy) is 1. The highest BCUT2D eigenvalue weighted by Gasteiger charge is 2.20. The Labute approximate surface area is 121 Å². The van der Waals surface area contributed by atoms with Gasteiger partial charge in [0, 0.05) is 20.2 Å². The third-order valence-electron chi connectivity index (χ3n) is 3.04. The van der Waals surface area contributed by atoms with Gasteiger partial charge in [0.25, 0.3) is 0 Å². The minimum Gasteiger partial charge on any atom is -0.383 e. The Morgan fingerprint density at radius 2 is 1.90 bits per heavy atom. The number of aryl methyl sites for hydroxylation is 1. The zero-order valence-corrected chi connectivity index (χ0v) is 12.8. The summed E-state index contributed by atoms with van der Waals surface area (Å²) in [4.78, 5) is 0. The summed E-state index contributed by atoms with van der Waals surface area (Å²) in [5.74, 6) is 0.116. The first-order chi connectivity index (χ1) is 9.60. The minimum atomic E-state index is -3.27. The van der Waals surface area contributed by atoms with Crippen LogP contribution in [0, 0.1) is 0 Å². The Hall–Kier alpha value is -0.950. The van der Waals surface area contributed by atoms with Crippen molar-refractivity contribution in [2.75, 3.05) is 39.1 Å². The molecule has 5 nitrogen and oxygen atoms in total. The van der Waals surface area contributed by atoms with E-state index in [1.165, 1.54) is 4.31 Å². The highest BCUT2D eigenvalue weighted by Crippen LogP contribution is 2.07. The van der Waals surface area contributed by atoms with E-state index in [1.54, 1.807) is 7.11 Å². The number of methoxy groups -OCH3 is 1. The van der Waals surface area contributed by atoms with Crippen LogP contribution in [-0.4, -0.2) is 51.8 Å². The number of hydrogen-bond donors (Lipinski definition) is 1. The summed E-state index contributed by atoms with van der Waals surface area (Å²) in [6.07, 6.45) is 1.18. The molecule has 0 fully saturated rings. The molecule has 20 heavy (non-hydrogen) atoms. The van der Waals surface area contributed by atoms with Gasteiger partial charge in [-0.05, 0) is 24.9 Å². The van der Waals surface area contributed by atoms with Gasteiger partial charge in [-0.15, -0.1) is 0 Å². The largest absolute Gasteiger partial charge is 0.383 e. The number of benzene rings is 1. The van der Waals surface area contributed by atoms with Crippen molar-refractivity contribution >= 4 is 10.0 Å². The molecule has 1 aromatic carbocycles. The van der Waals surface area contributed by atoms with Gasteiger partial charge in [-0.1, -0.05) is 30.3 Å². The van der Waals surface area contributed by atoms with Crippen LogP contribution in [0.5, 0.6) is 0 Å². The van der Waals surface area contributed by atoms with Crippen molar-refractivity contribution in [2.24, 2.45) is 5.73 Å². The number of rotatable bonds is 10. The molecule has 0 saturated carbocycles. The molecule has 0 amide bonds. The first-order valence-electron chi connectivity index (χ1n) is 6.81. The van der Waals surface area contributed by atoms with E-state index >= 15 is 0 Å². The maximum atomic E-state index is 12.3. The average Bonchev–Trinajstić information content (AvgIpc) is 2.46. The maximum absolute atomic E-state index is 12.3. The van der Waals surface area contributed by atoms with Crippen LogP contribution in [0.3, 0.4) is 0 Å². The summed E-state index contributed by atoms with van der Waals surface area (Å²) >= 11 is 0. The lowest BCUT2D eigenvalue weighted by Gasteiger charge is -2.21. The molecule has 0 aromatic heterocycles. The minimum absolute atomic E-state index is 0.116. The number of sulfonamides is 1. The Morgan fingerprint density at radius 1 is 1.20 bits per heavy atom. The maximum Gasteiger partial charge on any atom is 0.214 e. The summed E-state index contributed by atoms with van der Waals surface area (Å²) in [5.41, 5.74) is 6.49. The quantitative estimate of drug-likeness (QED) is 0.695. The molecular formula is C14H24N2O3S. The Balaban J connectivity index is 2.61. The molecule has 114 valence electrons. The number of nitrogens with zero attached hydrogens (tertiary/aromatic N) is 1. The molecule has 0 aliphatic rings. The van der Waals surface area contributed by atoms with Crippen LogP contribution in [-0.2, 0) is 21.2 Å². The second kappa shape index (κ2) is 9.07. The van der Waals surface area contributed by atoms with Crippen molar-refractivity contribution < 1.29 is 13.2 Å². The molecule has 0 spiro atoms. The zero-order valence-electron chi connectivity index (χ0n) is 12.0. The molecule has 2 N–H and O–H groups in total. The van der Waals surface area contributed by atoms with E-state index in [1.807, 2.05) is 30.3 Å². The fourth-order valence-electron chi connectivity index (χ4n) is 1.87. The van der Waals surface area contributed by atoms with E-state index in [2.05, 4.69) is 0 Å². The average molecular weight is 300 g/mol. The van der Waals surface area contributed by atoms with Gasteiger partial charge < -0.3 is 10.5 Å². The van der Waals surface area contributed by atoms with Gasteiger partial charge in [0.2, 0.25) is 10.0 Å². The standard InChI is InChI=1S/C14H24N2O3S/c1-19-12-11-16(10-5-9-15)20(17,18)13-8-14-6-3-2-4-7-14/h2-4,6-7H,5,8-13,15H2,1H3. The topological polar surface area (TPSA) is 72.6 Å². The van der Waals surface area contributed by atoms with Crippen LogP contribution in [0.2, 0.25) is 0 Å². The van der Waals surface area contributed by atoms with Gasteiger partial charge in [-0.25, -0.2) is 8.42 Å². The Bertz CT molecular complexity index is 455. The van der Waals surface area contributed by atoms with E-state index in [4.69, 9.17) is 10.5 Å². The second-order valence-corrected chi connectivity index (χ2v) is 6.67. The van der Waals surface area contributed by atoms with Gasteiger partial charge in [-0.2, -0.15) is 4.31 Å². The first kappa shape index (κ1) is 17.1. The molecule has 0 atom stereocenters. The highest BCUT2D eigenvalue weighted by molar-refractivity contribution is 7.89. The van der Waals surface area contributed by atoms with Gasteiger partial charge in [-0.3, -0.25) is 0 Å². The van der Waals surface area contributed by atoms with Crippen LogP contribution in [0.4, 0.5) is 0 Å². The van der Waals surface area contributed by atoms with E-state index in [9.17, 15) is 8.42 Å². The summed E-state index contributed by atoms with van der Waals surface area (Å²) in [5, 5.41) is 0. The number of nitrogens with two attached hydrogens (primary N) is 1. The van der Waals surface area contributed by atoms with Crippen molar-refractivity contribution in [1.82, 2.24) is 4.31 Å².